The van der Waals surface area contributed by atoms with Crippen LogP contribution in [0, 0.1) is 0 Å². The predicted octanol–water partition coefficient (Wildman–Crippen LogP) is 3.10. The summed E-state index contributed by atoms with van der Waals surface area (Å²) in [5.74, 6) is 0.823. The SMILES string of the molecule is O/N=C1/CCc2cc(OCc3cn4ccsc4n3)ccc21. The molecule has 0 fully saturated rings. The molecule has 3 aromatic rings. The molecule has 5 nitrogen and oxygen atoms in total. The van der Waals surface area contributed by atoms with Gasteiger partial charge in [0.2, 0.25) is 0 Å². The molecule has 1 aliphatic carbocycles. The Labute approximate surface area is 125 Å². The van der Waals surface area contributed by atoms with Crippen LogP contribution in [0.4, 0.5) is 0 Å². The highest BCUT2D eigenvalue weighted by atomic mass is 32.1. The first-order chi connectivity index (χ1) is 10.3. The van der Waals surface area contributed by atoms with Gasteiger partial charge in [0.1, 0.15) is 12.4 Å². The average Bonchev–Trinajstić information content (AvgIpc) is 3.18. The maximum Gasteiger partial charge on any atom is 0.193 e. The summed E-state index contributed by atoms with van der Waals surface area (Å²) < 4.78 is 7.81. The van der Waals surface area contributed by atoms with Crippen molar-refractivity contribution in [2.24, 2.45) is 5.16 Å². The second kappa shape index (κ2) is 4.89. The molecule has 0 saturated heterocycles. The van der Waals surface area contributed by atoms with E-state index in [1.807, 2.05) is 40.4 Å². The smallest absolute Gasteiger partial charge is 0.193 e. The normalized spacial score (nSPS) is 15.7. The third kappa shape index (κ3) is 2.17. The molecule has 21 heavy (non-hydrogen) atoms. The molecule has 4 rings (SSSR count). The molecule has 1 N–H and O–H groups in total. The fourth-order valence-corrected chi connectivity index (χ4v) is 3.36. The van der Waals surface area contributed by atoms with Crippen molar-refractivity contribution >= 4 is 22.0 Å². The average molecular weight is 299 g/mol. The zero-order valence-electron chi connectivity index (χ0n) is 11.2. The van der Waals surface area contributed by atoms with Crippen LogP contribution in [0.3, 0.4) is 0 Å². The molecule has 0 atom stereocenters. The van der Waals surface area contributed by atoms with Crippen molar-refractivity contribution < 1.29 is 9.94 Å². The number of thiazole rings is 1. The molecule has 2 aromatic heterocycles. The van der Waals surface area contributed by atoms with E-state index in [1.54, 1.807) is 11.3 Å². The topological polar surface area (TPSA) is 59.1 Å². The Hall–Kier alpha value is -2.34. The number of ether oxygens (including phenoxy) is 1. The van der Waals surface area contributed by atoms with Gasteiger partial charge in [-0.3, -0.25) is 4.40 Å². The summed E-state index contributed by atoms with van der Waals surface area (Å²) in [6.45, 7) is 0.453. The number of fused-ring (bicyclic) bond motifs is 2. The lowest BCUT2D eigenvalue weighted by atomic mass is 10.1. The van der Waals surface area contributed by atoms with Crippen molar-refractivity contribution in [3.63, 3.8) is 0 Å². The summed E-state index contributed by atoms with van der Waals surface area (Å²) in [6, 6.07) is 5.89. The maximum atomic E-state index is 8.93. The summed E-state index contributed by atoms with van der Waals surface area (Å²) in [5.41, 5.74) is 3.87. The van der Waals surface area contributed by atoms with Crippen LogP contribution in [-0.2, 0) is 13.0 Å². The van der Waals surface area contributed by atoms with Crippen molar-refractivity contribution in [2.75, 3.05) is 0 Å². The minimum absolute atomic E-state index is 0.453. The molecule has 0 amide bonds. The van der Waals surface area contributed by atoms with Crippen LogP contribution in [-0.4, -0.2) is 20.3 Å². The monoisotopic (exact) mass is 299 g/mol. The van der Waals surface area contributed by atoms with Crippen LogP contribution in [0.1, 0.15) is 23.2 Å². The maximum absolute atomic E-state index is 8.93. The number of hydrogen-bond donors (Lipinski definition) is 1. The Morgan fingerprint density at radius 3 is 3.19 bits per heavy atom. The summed E-state index contributed by atoms with van der Waals surface area (Å²) in [4.78, 5) is 5.47. The minimum atomic E-state index is 0.453. The molecule has 0 bridgehead atoms. The Morgan fingerprint density at radius 2 is 2.33 bits per heavy atom. The number of aromatic nitrogens is 2. The third-order valence-electron chi connectivity index (χ3n) is 3.67. The number of imidazole rings is 1. The first-order valence-corrected chi connectivity index (χ1v) is 7.59. The Morgan fingerprint density at radius 1 is 1.38 bits per heavy atom. The van der Waals surface area contributed by atoms with Gasteiger partial charge in [0.25, 0.3) is 0 Å². The number of aryl methyl sites for hydroxylation is 1. The van der Waals surface area contributed by atoms with Crippen LogP contribution >= 0.6 is 11.3 Å². The number of hydrogen-bond acceptors (Lipinski definition) is 5. The van der Waals surface area contributed by atoms with E-state index in [2.05, 4.69) is 10.1 Å². The molecule has 0 unspecified atom stereocenters. The zero-order valence-corrected chi connectivity index (χ0v) is 12.0. The molecule has 0 spiro atoms. The van der Waals surface area contributed by atoms with E-state index >= 15 is 0 Å². The van der Waals surface area contributed by atoms with Gasteiger partial charge in [-0.25, -0.2) is 4.98 Å². The van der Waals surface area contributed by atoms with E-state index < -0.39 is 0 Å². The van der Waals surface area contributed by atoms with E-state index in [4.69, 9.17) is 9.94 Å². The summed E-state index contributed by atoms with van der Waals surface area (Å²) in [5, 5.41) is 14.3. The highest BCUT2D eigenvalue weighted by molar-refractivity contribution is 7.15. The van der Waals surface area contributed by atoms with Gasteiger partial charge in [-0.2, -0.15) is 0 Å². The molecule has 106 valence electrons. The zero-order chi connectivity index (χ0) is 14.2. The van der Waals surface area contributed by atoms with Gasteiger partial charge in [-0.1, -0.05) is 5.16 Å². The molecular formula is C15H13N3O2S. The van der Waals surface area contributed by atoms with Gasteiger partial charge in [0, 0.05) is 23.3 Å². The quantitative estimate of drug-likeness (QED) is 0.597. The largest absolute Gasteiger partial charge is 0.487 e. The van der Waals surface area contributed by atoms with Crippen molar-refractivity contribution in [2.45, 2.75) is 19.4 Å². The second-order valence-electron chi connectivity index (χ2n) is 4.98. The lowest BCUT2D eigenvalue weighted by molar-refractivity contribution is 0.302. The van der Waals surface area contributed by atoms with Gasteiger partial charge in [0.15, 0.2) is 4.96 Å². The number of benzene rings is 1. The standard InChI is InChI=1S/C15H13N3O2S/c19-17-14-4-1-10-7-12(2-3-13(10)14)20-9-11-8-18-5-6-21-15(18)16-11/h2-3,5-8,19H,1,4,9H2/b17-14-. The molecule has 1 aromatic carbocycles. The first-order valence-electron chi connectivity index (χ1n) is 6.71. The molecule has 0 saturated carbocycles. The summed E-state index contributed by atoms with van der Waals surface area (Å²) >= 11 is 1.61. The predicted molar refractivity (Wildman–Crippen MR) is 80.5 cm³/mol. The first kappa shape index (κ1) is 12.4. The summed E-state index contributed by atoms with van der Waals surface area (Å²) in [7, 11) is 0. The van der Waals surface area contributed by atoms with E-state index in [1.165, 1.54) is 5.56 Å². The van der Waals surface area contributed by atoms with Crippen molar-refractivity contribution in [1.29, 1.82) is 0 Å². The number of oxime groups is 1. The molecule has 0 aliphatic heterocycles. The van der Waals surface area contributed by atoms with Gasteiger partial charge >= 0.3 is 0 Å². The molecule has 1 aliphatic rings. The van der Waals surface area contributed by atoms with Gasteiger partial charge in [-0.15, -0.1) is 11.3 Å². The highest BCUT2D eigenvalue weighted by Gasteiger charge is 2.18. The van der Waals surface area contributed by atoms with E-state index in [-0.39, 0.29) is 0 Å². The molecule has 2 heterocycles. The van der Waals surface area contributed by atoms with Gasteiger partial charge < -0.3 is 9.94 Å². The molecule has 6 heteroatoms. The number of nitrogens with zero attached hydrogens (tertiary/aromatic N) is 3. The van der Waals surface area contributed by atoms with Gasteiger partial charge in [0.05, 0.1) is 11.4 Å². The minimum Gasteiger partial charge on any atom is -0.487 e. The fraction of sp³-hybridized carbons (Fsp3) is 0.200. The molecular weight excluding hydrogens is 286 g/mol. The van der Waals surface area contributed by atoms with Crippen LogP contribution in [0.25, 0.3) is 4.96 Å². The second-order valence-corrected chi connectivity index (χ2v) is 5.85. The van der Waals surface area contributed by atoms with E-state index in [9.17, 15) is 0 Å². The third-order valence-corrected chi connectivity index (χ3v) is 4.44. The molecule has 0 radical (unpaired) electrons. The Balaban J connectivity index is 1.51. The van der Waals surface area contributed by atoms with Crippen LogP contribution in [0.15, 0.2) is 41.1 Å². The van der Waals surface area contributed by atoms with Crippen LogP contribution in [0.2, 0.25) is 0 Å². The summed E-state index contributed by atoms with van der Waals surface area (Å²) in [6.07, 6.45) is 5.65. The van der Waals surface area contributed by atoms with Crippen LogP contribution < -0.4 is 4.74 Å². The Kier molecular flexibility index (Phi) is 2.89. The lowest BCUT2D eigenvalue weighted by Crippen LogP contribution is -1.97. The van der Waals surface area contributed by atoms with Crippen molar-refractivity contribution in [3.05, 3.63) is 52.8 Å². The Bertz CT molecular complexity index is 806. The lowest BCUT2D eigenvalue weighted by Gasteiger charge is -2.06. The van der Waals surface area contributed by atoms with E-state index in [0.29, 0.717) is 6.61 Å². The highest BCUT2D eigenvalue weighted by Crippen LogP contribution is 2.27. The van der Waals surface area contributed by atoms with Crippen molar-refractivity contribution in [1.82, 2.24) is 9.38 Å². The van der Waals surface area contributed by atoms with Gasteiger partial charge in [-0.05, 0) is 36.6 Å². The fourth-order valence-electron chi connectivity index (χ4n) is 2.64. The van der Waals surface area contributed by atoms with Crippen molar-refractivity contribution in [3.8, 4) is 5.75 Å². The number of rotatable bonds is 3. The van der Waals surface area contributed by atoms with E-state index in [0.717, 1.165) is 40.5 Å². The van der Waals surface area contributed by atoms with Crippen LogP contribution in [0.5, 0.6) is 5.75 Å².